The largest absolute Gasteiger partial charge is 0.482 e. The number of amides is 2. The SMILES string of the molecule is Cc1ccc(NS(=O)(=O)c2ccc(NC(=O)c3ccc4c(c3)OCC(=O)N4)cc2)cc1C. The molecule has 0 fully saturated rings. The number of carbonyl (C=O) groups excluding carboxylic acids is 2. The number of fused-ring (bicyclic) bond motifs is 1. The topological polar surface area (TPSA) is 114 Å². The molecule has 0 saturated carbocycles. The van der Waals surface area contributed by atoms with Crippen molar-refractivity contribution in [3.05, 3.63) is 77.4 Å². The molecule has 1 heterocycles. The molecule has 0 bridgehead atoms. The van der Waals surface area contributed by atoms with Crippen molar-refractivity contribution < 1.29 is 22.7 Å². The maximum Gasteiger partial charge on any atom is 0.262 e. The number of rotatable bonds is 5. The number of hydrogen-bond acceptors (Lipinski definition) is 5. The predicted octanol–water partition coefficient (Wildman–Crippen LogP) is 3.69. The van der Waals surface area contributed by atoms with Gasteiger partial charge in [-0.05, 0) is 79.6 Å². The molecule has 32 heavy (non-hydrogen) atoms. The Morgan fingerprint density at radius 3 is 2.38 bits per heavy atom. The van der Waals surface area contributed by atoms with Crippen molar-refractivity contribution in [3.8, 4) is 5.75 Å². The first-order valence-corrected chi connectivity index (χ1v) is 11.3. The van der Waals surface area contributed by atoms with E-state index in [9.17, 15) is 18.0 Å². The molecule has 0 unspecified atom stereocenters. The highest BCUT2D eigenvalue weighted by atomic mass is 32.2. The van der Waals surface area contributed by atoms with Gasteiger partial charge in [0.1, 0.15) is 5.75 Å². The summed E-state index contributed by atoms with van der Waals surface area (Å²) in [6, 6.07) is 15.9. The van der Waals surface area contributed by atoms with E-state index in [0.29, 0.717) is 28.4 Å². The number of carbonyl (C=O) groups is 2. The van der Waals surface area contributed by atoms with Gasteiger partial charge >= 0.3 is 0 Å². The molecular weight excluding hydrogens is 430 g/mol. The number of benzene rings is 3. The van der Waals surface area contributed by atoms with E-state index >= 15 is 0 Å². The van der Waals surface area contributed by atoms with Crippen LogP contribution in [-0.4, -0.2) is 26.8 Å². The number of nitrogens with one attached hydrogen (secondary N) is 3. The van der Waals surface area contributed by atoms with Gasteiger partial charge in [0.2, 0.25) is 0 Å². The molecule has 3 N–H and O–H groups in total. The van der Waals surface area contributed by atoms with Gasteiger partial charge in [0.25, 0.3) is 21.8 Å². The van der Waals surface area contributed by atoms with Gasteiger partial charge in [-0.2, -0.15) is 0 Å². The van der Waals surface area contributed by atoms with Crippen LogP contribution in [0.5, 0.6) is 5.75 Å². The molecule has 0 spiro atoms. The Kier molecular flexibility index (Phi) is 5.58. The summed E-state index contributed by atoms with van der Waals surface area (Å²) in [5.41, 5.74) is 3.82. The Morgan fingerprint density at radius 2 is 1.66 bits per heavy atom. The van der Waals surface area contributed by atoms with Crippen molar-refractivity contribution in [1.29, 1.82) is 0 Å². The molecule has 0 saturated heterocycles. The van der Waals surface area contributed by atoms with Crippen LogP contribution in [0.15, 0.2) is 65.6 Å². The van der Waals surface area contributed by atoms with Gasteiger partial charge in [-0.1, -0.05) is 6.07 Å². The van der Waals surface area contributed by atoms with E-state index < -0.39 is 15.9 Å². The van der Waals surface area contributed by atoms with E-state index in [1.165, 1.54) is 30.3 Å². The van der Waals surface area contributed by atoms with Gasteiger partial charge in [0.15, 0.2) is 6.61 Å². The molecule has 2 amide bonds. The number of hydrogen-bond donors (Lipinski definition) is 3. The Labute approximate surface area is 185 Å². The fourth-order valence-corrected chi connectivity index (χ4v) is 4.21. The normalized spacial score (nSPS) is 12.9. The zero-order chi connectivity index (χ0) is 22.9. The average molecular weight is 452 g/mol. The number of aryl methyl sites for hydroxylation is 2. The van der Waals surface area contributed by atoms with Crippen molar-refractivity contribution in [2.75, 3.05) is 22.0 Å². The van der Waals surface area contributed by atoms with Crippen molar-refractivity contribution in [3.63, 3.8) is 0 Å². The van der Waals surface area contributed by atoms with E-state index in [-0.39, 0.29) is 17.4 Å². The first-order valence-electron chi connectivity index (χ1n) is 9.79. The van der Waals surface area contributed by atoms with E-state index in [4.69, 9.17) is 4.74 Å². The van der Waals surface area contributed by atoms with Crippen molar-refractivity contribution in [2.24, 2.45) is 0 Å². The third-order valence-electron chi connectivity index (χ3n) is 5.06. The molecule has 0 radical (unpaired) electrons. The molecule has 0 aliphatic carbocycles. The van der Waals surface area contributed by atoms with E-state index in [2.05, 4.69) is 15.4 Å². The third kappa shape index (κ3) is 4.57. The second-order valence-electron chi connectivity index (χ2n) is 7.43. The number of sulfonamides is 1. The summed E-state index contributed by atoms with van der Waals surface area (Å²) in [4.78, 5) is 24.0. The van der Waals surface area contributed by atoms with E-state index in [1.54, 1.807) is 24.3 Å². The first kappa shape index (κ1) is 21.4. The molecule has 0 aromatic heterocycles. The average Bonchev–Trinajstić information content (AvgIpc) is 2.76. The minimum Gasteiger partial charge on any atom is -0.482 e. The number of ether oxygens (including phenoxy) is 1. The Bertz CT molecular complexity index is 1320. The van der Waals surface area contributed by atoms with Crippen LogP contribution in [0, 0.1) is 13.8 Å². The van der Waals surface area contributed by atoms with Crippen LogP contribution >= 0.6 is 0 Å². The standard InChI is InChI=1S/C23H21N3O5S/c1-14-3-5-18(11-15(14)2)26-32(29,30)19-8-6-17(7-9-19)24-23(28)16-4-10-20-21(12-16)31-13-22(27)25-20/h3-12,26H,13H2,1-2H3,(H,24,28)(H,25,27). The monoisotopic (exact) mass is 451 g/mol. The molecular formula is C23H21N3O5S. The summed E-state index contributed by atoms with van der Waals surface area (Å²) in [5.74, 6) is -0.231. The summed E-state index contributed by atoms with van der Waals surface area (Å²) in [5, 5.41) is 5.38. The highest BCUT2D eigenvalue weighted by Crippen LogP contribution is 2.29. The molecule has 9 heteroatoms. The first-order chi connectivity index (χ1) is 15.2. The summed E-state index contributed by atoms with van der Waals surface area (Å²) in [6.45, 7) is 3.76. The minimum absolute atomic E-state index is 0.0756. The van der Waals surface area contributed by atoms with Crippen LogP contribution < -0.4 is 20.1 Å². The van der Waals surface area contributed by atoms with Crippen molar-refractivity contribution in [2.45, 2.75) is 18.7 Å². The molecule has 1 aliphatic heterocycles. The second kappa shape index (κ2) is 8.35. The van der Waals surface area contributed by atoms with Gasteiger partial charge in [-0.15, -0.1) is 0 Å². The quantitative estimate of drug-likeness (QED) is 0.548. The lowest BCUT2D eigenvalue weighted by atomic mass is 10.1. The summed E-state index contributed by atoms with van der Waals surface area (Å²) in [6.07, 6.45) is 0. The highest BCUT2D eigenvalue weighted by Gasteiger charge is 2.18. The molecule has 3 aromatic carbocycles. The van der Waals surface area contributed by atoms with Gasteiger partial charge in [-0.25, -0.2) is 8.42 Å². The zero-order valence-electron chi connectivity index (χ0n) is 17.4. The fraction of sp³-hybridized carbons (Fsp3) is 0.130. The fourth-order valence-electron chi connectivity index (χ4n) is 3.16. The van der Waals surface area contributed by atoms with Crippen LogP contribution in [-0.2, 0) is 14.8 Å². The smallest absolute Gasteiger partial charge is 0.262 e. The van der Waals surface area contributed by atoms with Crippen molar-refractivity contribution in [1.82, 2.24) is 0 Å². The Hall–Kier alpha value is -3.85. The van der Waals surface area contributed by atoms with Crippen LogP contribution in [0.3, 0.4) is 0 Å². The lowest BCUT2D eigenvalue weighted by molar-refractivity contribution is -0.118. The highest BCUT2D eigenvalue weighted by molar-refractivity contribution is 7.92. The Balaban J connectivity index is 1.46. The van der Waals surface area contributed by atoms with Gasteiger partial charge in [0, 0.05) is 16.9 Å². The van der Waals surface area contributed by atoms with Gasteiger partial charge < -0.3 is 15.4 Å². The van der Waals surface area contributed by atoms with Gasteiger partial charge in [0.05, 0.1) is 10.6 Å². The molecule has 3 aromatic rings. The second-order valence-corrected chi connectivity index (χ2v) is 9.11. The number of anilines is 3. The van der Waals surface area contributed by atoms with Crippen molar-refractivity contribution >= 4 is 38.9 Å². The van der Waals surface area contributed by atoms with Crippen LogP contribution in [0.1, 0.15) is 21.5 Å². The zero-order valence-corrected chi connectivity index (χ0v) is 18.2. The van der Waals surface area contributed by atoms with Crippen LogP contribution in [0.4, 0.5) is 17.1 Å². The molecule has 0 atom stereocenters. The van der Waals surface area contributed by atoms with E-state index in [0.717, 1.165) is 11.1 Å². The molecule has 164 valence electrons. The van der Waals surface area contributed by atoms with Gasteiger partial charge in [-0.3, -0.25) is 14.3 Å². The molecule has 8 nitrogen and oxygen atoms in total. The van der Waals surface area contributed by atoms with Crippen LogP contribution in [0.2, 0.25) is 0 Å². The lowest BCUT2D eigenvalue weighted by Crippen LogP contribution is -2.25. The molecule has 1 aliphatic rings. The maximum absolute atomic E-state index is 12.7. The summed E-state index contributed by atoms with van der Waals surface area (Å²) in [7, 11) is -3.77. The molecule has 4 rings (SSSR count). The van der Waals surface area contributed by atoms with Crippen LogP contribution in [0.25, 0.3) is 0 Å². The minimum atomic E-state index is -3.77. The predicted molar refractivity (Wildman–Crippen MR) is 122 cm³/mol. The summed E-state index contributed by atoms with van der Waals surface area (Å²) < 4.78 is 33.2. The Morgan fingerprint density at radius 1 is 0.938 bits per heavy atom. The third-order valence-corrected chi connectivity index (χ3v) is 6.46. The lowest BCUT2D eigenvalue weighted by Gasteiger charge is -2.18. The van der Waals surface area contributed by atoms with E-state index in [1.807, 2.05) is 19.9 Å². The maximum atomic E-state index is 12.7. The summed E-state index contributed by atoms with van der Waals surface area (Å²) >= 11 is 0.